The molecule has 6 heteroatoms. The number of hydrogen-bond donors (Lipinski definition) is 2. The van der Waals surface area contributed by atoms with Gasteiger partial charge in [-0.1, -0.05) is 13.0 Å². The van der Waals surface area contributed by atoms with Crippen LogP contribution in [0.3, 0.4) is 0 Å². The van der Waals surface area contributed by atoms with Crippen LogP contribution in [0.5, 0.6) is 0 Å². The normalized spacial score (nSPS) is 10.8. The first-order chi connectivity index (χ1) is 9.83. The number of aromatic amines is 1. The van der Waals surface area contributed by atoms with Gasteiger partial charge in [-0.25, -0.2) is 0 Å². The highest BCUT2D eigenvalue weighted by molar-refractivity contribution is 5.97. The minimum Gasteiger partial charge on any atom is -0.328 e. The van der Waals surface area contributed by atoms with Gasteiger partial charge in [0.1, 0.15) is 0 Å². The summed E-state index contributed by atoms with van der Waals surface area (Å²) in [4.78, 5) is 10.7. The van der Waals surface area contributed by atoms with Gasteiger partial charge in [-0.05, 0) is 18.6 Å². The van der Waals surface area contributed by atoms with E-state index in [1.54, 1.807) is 6.20 Å². The first-order valence-electron chi connectivity index (χ1n) is 6.49. The van der Waals surface area contributed by atoms with Crippen molar-refractivity contribution in [2.75, 3.05) is 5.32 Å². The number of amides is 1. The highest BCUT2D eigenvalue weighted by Gasteiger charge is 2.13. The van der Waals surface area contributed by atoms with Crippen molar-refractivity contribution in [1.29, 1.82) is 0 Å². The molecule has 3 rings (SSSR count). The minimum absolute atomic E-state index is 0.650. The van der Waals surface area contributed by atoms with Crippen molar-refractivity contribution in [3.63, 3.8) is 0 Å². The fraction of sp³-hybridized carbons (Fsp3) is 0.214. The van der Waals surface area contributed by atoms with Crippen LogP contribution in [0.1, 0.15) is 18.2 Å². The molecule has 2 heterocycles. The maximum absolute atomic E-state index is 10.7. The molecule has 3 aromatic rings. The maximum atomic E-state index is 10.7. The summed E-state index contributed by atoms with van der Waals surface area (Å²) in [5.74, 6) is 0. The molecule has 6 nitrogen and oxygen atoms in total. The van der Waals surface area contributed by atoms with Crippen molar-refractivity contribution in [2.45, 2.75) is 19.9 Å². The Bertz CT molecular complexity index is 729. The number of carbonyl (C=O) groups excluding carboxylic acids is 1. The monoisotopic (exact) mass is 269 g/mol. The maximum Gasteiger partial charge on any atom is 0.211 e. The number of H-pyrrole nitrogens is 1. The van der Waals surface area contributed by atoms with Gasteiger partial charge in [0, 0.05) is 17.1 Å². The number of nitrogens with one attached hydrogen (secondary N) is 2. The van der Waals surface area contributed by atoms with Gasteiger partial charge < -0.3 is 5.32 Å². The molecule has 0 saturated heterocycles. The third-order valence-electron chi connectivity index (χ3n) is 3.29. The Balaban J connectivity index is 2.14. The lowest BCUT2D eigenvalue weighted by molar-refractivity contribution is -0.105. The van der Waals surface area contributed by atoms with Gasteiger partial charge in [-0.3, -0.25) is 14.6 Å². The summed E-state index contributed by atoms with van der Waals surface area (Å²) in [6, 6.07) is 5.82. The van der Waals surface area contributed by atoms with Crippen LogP contribution in [0.15, 0.2) is 30.6 Å². The Hall–Kier alpha value is -2.63. The van der Waals surface area contributed by atoms with Crippen LogP contribution in [0.25, 0.3) is 10.9 Å². The Morgan fingerprint density at radius 1 is 1.45 bits per heavy atom. The molecule has 2 N–H and O–H groups in total. The van der Waals surface area contributed by atoms with E-state index in [9.17, 15) is 4.79 Å². The van der Waals surface area contributed by atoms with E-state index in [4.69, 9.17) is 0 Å². The summed E-state index contributed by atoms with van der Waals surface area (Å²) in [6.07, 6.45) is 5.15. The van der Waals surface area contributed by atoms with Crippen LogP contribution in [0, 0.1) is 0 Å². The van der Waals surface area contributed by atoms with E-state index >= 15 is 0 Å². The van der Waals surface area contributed by atoms with E-state index in [0.717, 1.165) is 34.3 Å². The number of rotatable bonds is 5. The second-order valence-electron chi connectivity index (χ2n) is 4.53. The largest absolute Gasteiger partial charge is 0.328 e. The van der Waals surface area contributed by atoms with E-state index in [0.29, 0.717) is 13.0 Å². The van der Waals surface area contributed by atoms with Crippen molar-refractivity contribution >= 4 is 23.0 Å². The first-order valence-corrected chi connectivity index (χ1v) is 6.49. The van der Waals surface area contributed by atoms with Crippen LogP contribution < -0.4 is 5.32 Å². The van der Waals surface area contributed by atoms with Crippen molar-refractivity contribution in [3.05, 3.63) is 41.9 Å². The third kappa shape index (κ3) is 2.05. The van der Waals surface area contributed by atoms with Gasteiger partial charge >= 0.3 is 0 Å². The van der Waals surface area contributed by atoms with Crippen LogP contribution >= 0.6 is 0 Å². The third-order valence-corrected chi connectivity index (χ3v) is 3.29. The number of aromatic nitrogens is 4. The second kappa shape index (κ2) is 5.16. The lowest BCUT2D eigenvalue weighted by atomic mass is 10.1. The highest BCUT2D eigenvalue weighted by Crippen LogP contribution is 2.27. The van der Waals surface area contributed by atoms with Gasteiger partial charge in [0.2, 0.25) is 6.41 Å². The van der Waals surface area contributed by atoms with Crippen LogP contribution in [-0.2, 0) is 17.8 Å². The smallest absolute Gasteiger partial charge is 0.211 e. The average Bonchev–Trinajstić information content (AvgIpc) is 3.08. The van der Waals surface area contributed by atoms with E-state index in [2.05, 4.69) is 27.5 Å². The second-order valence-corrected chi connectivity index (χ2v) is 4.53. The molecule has 2 aromatic heterocycles. The van der Waals surface area contributed by atoms with Gasteiger partial charge in [0.25, 0.3) is 0 Å². The Kier molecular flexibility index (Phi) is 3.20. The molecule has 0 saturated carbocycles. The van der Waals surface area contributed by atoms with E-state index in [-0.39, 0.29) is 0 Å². The van der Waals surface area contributed by atoms with Crippen molar-refractivity contribution in [3.8, 4) is 0 Å². The molecule has 0 radical (unpaired) electrons. The minimum atomic E-state index is 0.650. The fourth-order valence-electron chi connectivity index (χ4n) is 2.40. The lowest BCUT2D eigenvalue weighted by Gasteiger charge is -2.03. The van der Waals surface area contributed by atoms with Crippen LogP contribution in [0.2, 0.25) is 0 Å². The standard InChI is InChI=1S/C14H15N5O/c1-2-11-14-12(15-9-20)4-3-5-13(14)19(18-11)8-10-6-16-17-7-10/h3-7,9H,2,8H2,1H3,(H,15,20)(H,16,17). The van der Waals surface area contributed by atoms with Crippen LogP contribution in [0.4, 0.5) is 5.69 Å². The molecule has 0 atom stereocenters. The number of aryl methyl sites for hydroxylation is 1. The predicted molar refractivity (Wildman–Crippen MR) is 76.5 cm³/mol. The molecule has 1 aromatic carbocycles. The van der Waals surface area contributed by atoms with Gasteiger partial charge in [-0.15, -0.1) is 0 Å². The zero-order valence-corrected chi connectivity index (χ0v) is 11.1. The molecular formula is C14H15N5O. The molecule has 0 unspecified atom stereocenters. The molecule has 0 aliphatic rings. The topological polar surface area (TPSA) is 75.6 Å². The van der Waals surface area contributed by atoms with E-state index < -0.39 is 0 Å². The molecule has 102 valence electrons. The summed E-state index contributed by atoms with van der Waals surface area (Å²) in [5, 5.41) is 15.1. The zero-order chi connectivity index (χ0) is 13.9. The molecule has 20 heavy (non-hydrogen) atoms. The van der Waals surface area contributed by atoms with Crippen LogP contribution in [-0.4, -0.2) is 26.4 Å². The summed E-state index contributed by atoms with van der Waals surface area (Å²) in [5.41, 5.74) is 3.85. The lowest BCUT2D eigenvalue weighted by Crippen LogP contribution is -2.01. The molecule has 0 aliphatic heterocycles. The number of hydrogen-bond acceptors (Lipinski definition) is 3. The number of carbonyl (C=O) groups is 1. The number of fused-ring (bicyclic) bond motifs is 1. The number of nitrogens with zero attached hydrogens (tertiary/aromatic N) is 3. The Morgan fingerprint density at radius 2 is 2.35 bits per heavy atom. The molecule has 0 bridgehead atoms. The highest BCUT2D eigenvalue weighted by atomic mass is 16.1. The molecule has 0 fully saturated rings. The van der Waals surface area contributed by atoms with Gasteiger partial charge in [0.05, 0.1) is 29.6 Å². The predicted octanol–water partition coefficient (Wildman–Crippen LogP) is 1.94. The zero-order valence-electron chi connectivity index (χ0n) is 11.1. The van der Waals surface area contributed by atoms with Crippen molar-refractivity contribution < 1.29 is 4.79 Å². The molecule has 1 amide bonds. The molecule has 0 aliphatic carbocycles. The first kappa shape index (κ1) is 12.4. The van der Waals surface area contributed by atoms with Crippen molar-refractivity contribution in [1.82, 2.24) is 20.0 Å². The number of benzene rings is 1. The van der Waals surface area contributed by atoms with E-state index in [1.807, 2.05) is 29.1 Å². The molecular weight excluding hydrogens is 254 g/mol. The number of anilines is 1. The summed E-state index contributed by atoms with van der Waals surface area (Å²) >= 11 is 0. The van der Waals surface area contributed by atoms with Gasteiger partial charge in [0.15, 0.2) is 0 Å². The molecule has 0 spiro atoms. The summed E-state index contributed by atoms with van der Waals surface area (Å²) in [7, 11) is 0. The fourth-order valence-corrected chi connectivity index (χ4v) is 2.40. The van der Waals surface area contributed by atoms with Crippen molar-refractivity contribution in [2.24, 2.45) is 0 Å². The Morgan fingerprint density at radius 3 is 3.05 bits per heavy atom. The quantitative estimate of drug-likeness (QED) is 0.695. The van der Waals surface area contributed by atoms with Gasteiger partial charge in [-0.2, -0.15) is 10.2 Å². The average molecular weight is 269 g/mol. The summed E-state index contributed by atoms with van der Waals surface area (Å²) < 4.78 is 1.94. The van der Waals surface area contributed by atoms with E-state index in [1.165, 1.54) is 0 Å². The Labute approximate surface area is 115 Å². The summed E-state index contributed by atoms with van der Waals surface area (Å²) in [6.45, 7) is 2.71. The SMILES string of the molecule is CCc1nn(Cc2cn[nH]c2)c2cccc(NC=O)c12.